The van der Waals surface area contributed by atoms with Gasteiger partial charge in [-0.1, -0.05) is 77.7 Å². The highest BCUT2D eigenvalue weighted by atomic mass is 16.9. The second kappa shape index (κ2) is 10.6. The Hall–Kier alpha value is -1.89. The number of aliphatic hydroxyl groups excluding tert-OH is 3. The normalized spacial score (nSPS) is 54.3. The van der Waals surface area contributed by atoms with Crippen LogP contribution in [0.5, 0.6) is 0 Å². The summed E-state index contributed by atoms with van der Waals surface area (Å²) in [5, 5.41) is 48.9. The van der Waals surface area contributed by atoms with Crippen molar-refractivity contribution in [3.05, 3.63) is 48.0 Å². The van der Waals surface area contributed by atoms with Crippen molar-refractivity contribution in [2.24, 2.45) is 35.5 Å². The van der Waals surface area contributed by atoms with Gasteiger partial charge in [0.1, 0.15) is 47.3 Å². The number of fused-ring (bicyclic) bond motifs is 1. The molecule has 5 unspecified atom stereocenters. The third-order valence-electron chi connectivity index (χ3n) is 13.7. The fourth-order valence-electron chi connectivity index (χ4n) is 11.6. The Morgan fingerprint density at radius 1 is 1.00 bits per heavy atom. The molecule has 3 bridgehead atoms. The van der Waals surface area contributed by atoms with Gasteiger partial charge >= 0.3 is 11.9 Å². The summed E-state index contributed by atoms with van der Waals surface area (Å²) < 4.78 is 33.7. The minimum Gasteiger partial charge on any atom is -0.455 e. The van der Waals surface area contributed by atoms with Crippen molar-refractivity contribution in [1.29, 1.82) is 0 Å². The largest absolute Gasteiger partial charge is 0.455 e. The van der Waals surface area contributed by atoms with E-state index in [-0.39, 0.29) is 17.8 Å². The molecule has 2 spiro atoms. The zero-order valence-electron chi connectivity index (χ0n) is 27.8. The SMILES string of the molecule is C=C(C)[C@]12C[C@@H](C)[C@@]34OC5(O[C@@H]1[C@@H]3[C@@H]1O[C@]1(CO)[C@@H](O)[C@@]1(O)C4C(C(C)CCCCCCC5O)[C@H](C)[C@@H]1OC(=O)c1ccccc1)O2. The predicted molar refractivity (Wildman–Crippen MR) is 168 cm³/mol. The summed E-state index contributed by atoms with van der Waals surface area (Å²) in [5.74, 6) is -4.73. The molecule has 4 aliphatic heterocycles. The van der Waals surface area contributed by atoms with Crippen LogP contribution >= 0.6 is 0 Å². The van der Waals surface area contributed by atoms with Gasteiger partial charge in [-0.3, -0.25) is 0 Å². The van der Waals surface area contributed by atoms with Gasteiger partial charge in [0, 0.05) is 11.8 Å². The Bertz CT molecular complexity index is 1440. The standard InChI is InChI=1S/C37H50O10/c1-19(2)33-17-21(4)36-26-29(33)45-37(46-33,47-36)24(39)16-12-7-6-9-13-20(3)25-22(5)28(43-31(40)23-14-10-8-11-15-23)35(42,27(25)36)32(41)34(18-38)30(26)44-34/h8,10-11,14-15,20-22,24-30,32,38-39,41-42H,1,6-7,9,12-13,16-18H2,2-5H3/t20?,21-,22+,24?,25?,26-,27?,28+,29-,30+,32-,33-,34+,35-,36-,37?/m1/s1. The second-order valence-electron chi connectivity index (χ2n) is 16.0. The van der Waals surface area contributed by atoms with E-state index in [2.05, 4.69) is 20.4 Å². The lowest BCUT2D eigenvalue weighted by atomic mass is 9.51. The summed E-state index contributed by atoms with van der Waals surface area (Å²) in [6.45, 7) is 11.9. The predicted octanol–water partition coefficient (Wildman–Crippen LogP) is 3.49. The molecule has 4 N–H and O–H groups in total. The zero-order chi connectivity index (χ0) is 33.3. The molecular weight excluding hydrogens is 604 g/mol. The van der Waals surface area contributed by atoms with Crippen LogP contribution in [0.15, 0.2) is 42.5 Å². The Kier molecular flexibility index (Phi) is 7.26. The molecule has 4 heterocycles. The topological polar surface area (TPSA) is 147 Å². The number of esters is 1. The molecule has 4 saturated heterocycles. The quantitative estimate of drug-likeness (QED) is 0.216. The van der Waals surface area contributed by atoms with Crippen LogP contribution in [0.4, 0.5) is 0 Å². The molecule has 1 aromatic rings. The summed E-state index contributed by atoms with van der Waals surface area (Å²) in [6, 6.07) is 8.65. The molecule has 47 heavy (non-hydrogen) atoms. The Balaban J connectivity index is 1.37. The van der Waals surface area contributed by atoms with E-state index >= 15 is 0 Å². The van der Waals surface area contributed by atoms with E-state index in [1.54, 1.807) is 24.3 Å². The zero-order valence-corrected chi connectivity index (χ0v) is 27.8. The first-order chi connectivity index (χ1) is 22.3. The first-order valence-electron chi connectivity index (χ1n) is 17.7. The molecule has 3 saturated carbocycles. The Labute approximate surface area is 276 Å². The first-order valence-corrected chi connectivity index (χ1v) is 17.7. The van der Waals surface area contributed by atoms with Gasteiger partial charge in [-0.15, -0.1) is 0 Å². The lowest BCUT2D eigenvalue weighted by molar-refractivity contribution is -0.458. The number of carbonyl (C=O) groups is 1. The fraction of sp³-hybridized carbons (Fsp3) is 0.757. The number of hydrogen-bond donors (Lipinski definition) is 4. The molecule has 1 aromatic carbocycles. The highest BCUT2D eigenvalue weighted by Crippen LogP contribution is 2.75. The molecule has 0 aromatic heterocycles. The van der Waals surface area contributed by atoms with Gasteiger partial charge in [0.2, 0.25) is 0 Å². The van der Waals surface area contributed by atoms with E-state index in [1.807, 2.05) is 19.9 Å². The molecule has 7 aliphatic rings. The third kappa shape index (κ3) is 3.93. The summed E-state index contributed by atoms with van der Waals surface area (Å²) in [5.41, 5.74) is -4.83. The monoisotopic (exact) mass is 654 g/mol. The van der Waals surface area contributed by atoms with Crippen molar-refractivity contribution in [2.45, 2.75) is 132 Å². The maximum atomic E-state index is 13.8. The number of benzene rings is 1. The summed E-state index contributed by atoms with van der Waals surface area (Å²) >= 11 is 0. The van der Waals surface area contributed by atoms with Gasteiger partial charge in [-0.25, -0.2) is 4.79 Å². The number of ether oxygens (including phenoxy) is 5. The fourth-order valence-corrected chi connectivity index (χ4v) is 11.6. The van der Waals surface area contributed by atoms with E-state index in [1.165, 1.54) is 0 Å². The van der Waals surface area contributed by atoms with Crippen molar-refractivity contribution in [3.8, 4) is 0 Å². The molecule has 16 atom stereocenters. The van der Waals surface area contributed by atoms with Crippen molar-refractivity contribution >= 4 is 5.97 Å². The van der Waals surface area contributed by atoms with Crippen molar-refractivity contribution < 1.29 is 48.9 Å². The van der Waals surface area contributed by atoms with E-state index in [0.29, 0.717) is 18.4 Å². The number of carbonyl (C=O) groups excluding carboxylic acids is 1. The van der Waals surface area contributed by atoms with Gasteiger partial charge in [0.05, 0.1) is 17.8 Å². The molecule has 258 valence electrons. The average Bonchev–Trinajstić information content (AvgIpc) is 3.69. The molecule has 7 fully saturated rings. The van der Waals surface area contributed by atoms with Crippen LogP contribution in [0.1, 0.15) is 83.0 Å². The Morgan fingerprint density at radius 2 is 1.70 bits per heavy atom. The molecule has 8 rings (SSSR count). The van der Waals surface area contributed by atoms with E-state index < -0.39 is 89.2 Å². The molecular formula is C37H50O10. The lowest BCUT2D eigenvalue weighted by Gasteiger charge is -2.62. The minimum atomic E-state index is -2.09. The summed E-state index contributed by atoms with van der Waals surface area (Å²) in [7, 11) is 0. The number of hydrogen-bond acceptors (Lipinski definition) is 10. The van der Waals surface area contributed by atoms with Gasteiger partial charge in [-0.05, 0) is 61.1 Å². The number of rotatable bonds is 4. The lowest BCUT2D eigenvalue weighted by Crippen LogP contribution is -2.74. The van der Waals surface area contributed by atoms with Crippen LogP contribution < -0.4 is 0 Å². The van der Waals surface area contributed by atoms with Crippen LogP contribution in [0, 0.1) is 35.5 Å². The molecule has 0 radical (unpaired) electrons. The highest BCUT2D eigenvalue weighted by molar-refractivity contribution is 5.89. The van der Waals surface area contributed by atoms with Crippen molar-refractivity contribution in [1.82, 2.24) is 0 Å². The van der Waals surface area contributed by atoms with Gasteiger partial charge in [0.15, 0.2) is 0 Å². The van der Waals surface area contributed by atoms with Crippen LogP contribution in [-0.2, 0) is 23.7 Å². The van der Waals surface area contributed by atoms with Crippen LogP contribution in [0.2, 0.25) is 0 Å². The summed E-state index contributed by atoms with van der Waals surface area (Å²) in [6.07, 6.45) is 0.0237. The smallest absolute Gasteiger partial charge is 0.338 e. The van der Waals surface area contributed by atoms with E-state index in [4.69, 9.17) is 23.7 Å². The molecule has 10 nitrogen and oxygen atoms in total. The second-order valence-corrected chi connectivity index (χ2v) is 16.0. The van der Waals surface area contributed by atoms with Gasteiger partial charge < -0.3 is 44.1 Å². The molecule has 0 amide bonds. The number of epoxide rings is 1. The van der Waals surface area contributed by atoms with Crippen LogP contribution in [0.25, 0.3) is 0 Å². The van der Waals surface area contributed by atoms with Crippen molar-refractivity contribution in [2.75, 3.05) is 6.61 Å². The maximum Gasteiger partial charge on any atom is 0.338 e. The van der Waals surface area contributed by atoms with Crippen LogP contribution in [-0.4, -0.2) is 91.9 Å². The summed E-state index contributed by atoms with van der Waals surface area (Å²) in [4.78, 5) is 13.8. The Morgan fingerprint density at radius 3 is 2.38 bits per heavy atom. The molecule has 10 heteroatoms. The van der Waals surface area contributed by atoms with Gasteiger partial charge in [0.25, 0.3) is 0 Å². The minimum absolute atomic E-state index is 0.0521. The van der Waals surface area contributed by atoms with E-state index in [9.17, 15) is 25.2 Å². The average molecular weight is 655 g/mol. The van der Waals surface area contributed by atoms with E-state index in [0.717, 1.165) is 37.7 Å². The van der Waals surface area contributed by atoms with Crippen LogP contribution in [0.3, 0.4) is 0 Å². The van der Waals surface area contributed by atoms with Crippen molar-refractivity contribution in [3.63, 3.8) is 0 Å². The number of aliphatic hydroxyl groups is 4. The molecule has 3 aliphatic carbocycles. The third-order valence-corrected chi connectivity index (χ3v) is 13.7. The van der Waals surface area contributed by atoms with Gasteiger partial charge in [-0.2, -0.15) is 0 Å². The maximum absolute atomic E-state index is 13.8. The first kappa shape index (κ1) is 32.3. The highest BCUT2D eigenvalue weighted by Gasteiger charge is 2.90.